The summed E-state index contributed by atoms with van der Waals surface area (Å²) >= 11 is 5.90. The molecule has 1 aliphatic carbocycles. The first kappa shape index (κ1) is 27.5. The van der Waals surface area contributed by atoms with E-state index in [1.54, 1.807) is 17.2 Å². The van der Waals surface area contributed by atoms with Gasteiger partial charge in [-0.2, -0.15) is 0 Å². The Balaban J connectivity index is 1.11. The highest BCUT2D eigenvalue weighted by atomic mass is 35.5. The van der Waals surface area contributed by atoms with Crippen LogP contribution in [0.5, 0.6) is 0 Å². The second kappa shape index (κ2) is 10.6. The van der Waals surface area contributed by atoms with E-state index in [-0.39, 0.29) is 34.3 Å². The van der Waals surface area contributed by atoms with Crippen LogP contribution in [-0.2, 0) is 10.2 Å². The summed E-state index contributed by atoms with van der Waals surface area (Å²) in [5.74, 6) is -0.0779. The minimum atomic E-state index is -2.89. The summed E-state index contributed by atoms with van der Waals surface area (Å²) in [6, 6.07) is 9.52. The van der Waals surface area contributed by atoms with Gasteiger partial charge < -0.3 is 15.1 Å². The maximum absolute atomic E-state index is 14.4. The lowest BCUT2D eigenvalue weighted by atomic mass is 9.74. The van der Waals surface area contributed by atoms with Crippen molar-refractivity contribution in [3.05, 3.63) is 82.0 Å². The number of nitrogens with zero attached hydrogens (tertiary/aromatic N) is 4. The van der Waals surface area contributed by atoms with Gasteiger partial charge in [0.25, 0.3) is 12.3 Å². The number of anilines is 2. The molecule has 2 aliphatic heterocycles. The predicted octanol–water partition coefficient (Wildman–Crippen LogP) is 5.61. The van der Waals surface area contributed by atoms with E-state index in [4.69, 9.17) is 11.6 Å². The molecule has 1 saturated heterocycles. The number of benzene rings is 1. The van der Waals surface area contributed by atoms with E-state index in [0.717, 1.165) is 36.0 Å². The quantitative estimate of drug-likeness (QED) is 0.408. The lowest BCUT2D eigenvalue weighted by molar-refractivity contribution is -0.124. The molecule has 2 fully saturated rings. The van der Waals surface area contributed by atoms with Crippen molar-refractivity contribution in [1.82, 2.24) is 15.3 Å². The van der Waals surface area contributed by atoms with E-state index in [9.17, 15) is 22.8 Å². The van der Waals surface area contributed by atoms with Crippen LogP contribution in [0.4, 0.5) is 24.7 Å². The van der Waals surface area contributed by atoms with Crippen molar-refractivity contribution in [1.29, 1.82) is 0 Å². The van der Waals surface area contributed by atoms with E-state index in [1.807, 2.05) is 19.1 Å². The molecule has 1 saturated carbocycles. The van der Waals surface area contributed by atoms with Crippen molar-refractivity contribution in [2.24, 2.45) is 5.92 Å². The Morgan fingerprint density at radius 3 is 2.54 bits per heavy atom. The van der Waals surface area contributed by atoms with Crippen LogP contribution < -0.4 is 15.1 Å². The highest BCUT2D eigenvalue weighted by Gasteiger charge is 2.58. The zero-order chi connectivity index (χ0) is 28.9. The van der Waals surface area contributed by atoms with Crippen LogP contribution in [0.1, 0.15) is 59.3 Å². The fraction of sp³-hybridized carbons (Fsp3) is 0.400. The smallest absolute Gasteiger partial charge is 0.281 e. The molecule has 11 heteroatoms. The lowest BCUT2D eigenvalue weighted by Gasteiger charge is -2.47. The van der Waals surface area contributed by atoms with Crippen LogP contribution in [-0.4, -0.2) is 47.5 Å². The maximum Gasteiger partial charge on any atom is 0.281 e. The summed E-state index contributed by atoms with van der Waals surface area (Å²) in [6.45, 7) is 3.39. The van der Waals surface area contributed by atoms with Crippen LogP contribution in [0.2, 0.25) is 5.02 Å². The Labute approximate surface area is 240 Å². The summed E-state index contributed by atoms with van der Waals surface area (Å²) in [5.41, 5.74) is 0.973. The number of pyridine rings is 2. The van der Waals surface area contributed by atoms with Crippen molar-refractivity contribution in [2.75, 3.05) is 29.4 Å². The molecular formula is C30H29ClF3N5O2. The average molecular weight is 584 g/mol. The zero-order valence-corrected chi connectivity index (χ0v) is 23.2. The molecule has 0 unspecified atom stereocenters. The van der Waals surface area contributed by atoms with Crippen molar-refractivity contribution in [2.45, 2.75) is 50.5 Å². The third-order valence-electron chi connectivity index (χ3n) is 8.52. The van der Waals surface area contributed by atoms with E-state index in [0.29, 0.717) is 38.2 Å². The molecule has 7 nitrogen and oxygen atoms in total. The number of aryl methyl sites for hydroxylation is 1. The molecule has 4 heterocycles. The Kier molecular flexibility index (Phi) is 7.13. The first-order chi connectivity index (χ1) is 19.6. The summed E-state index contributed by atoms with van der Waals surface area (Å²) < 4.78 is 41.1. The molecule has 214 valence electrons. The fourth-order valence-electron chi connectivity index (χ4n) is 6.33. The van der Waals surface area contributed by atoms with E-state index >= 15 is 0 Å². The monoisotopic (exact) mass is 583 g/mol. The van der Waals surface area contributed by atoms with Crippen LogP contribution in [0.25, 0.3) is 0 Å². The van der Waals surface area contributed by atoms with Gasteiger partial charge >= 0.3 is 0 Å². The average Bonchev–Trinajstić information content (AvgIpc) is 3.16. The molecule has 0 radical (unpaired) electrons. The number of amides is 2. The second-order valence-corrected chi connectivity index (χ2v) is 11.7. The van der Waals surface area contributed by atoms with E-state index in [1.165, 1.54) is 18.2 Å². The number of rotatable bonds is 6. The largest absolute Gasteiger partial charge is 0.354 e. The summed E-state index contributed by atoms with van der Waals surface area (Å²) in [7, 11) is 0. The number of alkyl halides is 2. The summed E-state index contributed by atoms with van der Waals surface area (Å²) in [6.07, 6.45) is 2.71. The molecule has 1 spiro atoms. The topological polar surface area (TPSA) is 78.4 Å². The summed E-state index contributed by atoms with van der Waals surface area (Å²) in [4.78, 5) is 38.6. The first-order valence-electron chi connectivity index (χ1n) is 13.7. The third kappa shape index (κ3) is 5.03. The highest BCUT2D eigenvalue weighted by Crippen LogP contribution is 2.49. The van der Waals surface area contributed by atoms with Gasteiger partial charge in [-0.3, -0.25) is 14.6 Å². The van der Waals surface area contributed by atoms with Gasteiger partial charge in [0.15, 0.2) is 0 Å². The van der Waals surface area contributed by atoms with Gasteiger partial charge in [0.2, 0.25) is 5.91 Å². The molecule has 1 N–H and O–H groups in total. The predicted molar refractivity (Wildman–Crippen MR) is 149 cm³/mol. The van der Waals surface area contributed by atoms with Gasteiger partial charge in [-0.05, 0) is 73.9 Å². The lowest BCUT2D eigenvalue weighted by Crippen LogP contribution is -2.64. The van der Waals surface area contributed by atoms with Crippen LogP contribution in [0.15, 0.2) is 48.8 Å². The maximum atomic E-state index is 14.4. The normalized spacial score (nSPS) is 21.3. The Morgan fingerprint density at radius 2 is 1.85 bits per heavy atom. The highest BCUT2D eigenvalue weighted by molar-refractivity contribution is 6.30. The first-order valence-corrected chi connectivity index (χ1v) is 14.1. The van der Waals surface area contributed by atoms with Gasteiger partial charge in [-0.1, -0.05) is 23.7 Å². The minimum absolute atomic E-state index is 0.0233. The second-order valence-electron chi connectivity index (χ2n) is 11.3. The number of halogens is 4. The fourth-order valence-corrected chi connectivity index (χ4v) is 6.49. The number of carbonyl (C=O) groups excluding carboxylic acids is 2. The zero-order valence-electron chi connectivity index (χ0n) is 22.4. The van der Waals surface area contributed by atoms with Crippen molar-refractivity contribution in [3.63, 3.8) is 0 Å². The van der Waals surface area contributed by atoms with Crippen molar-refractivity contribution >= 4 is 34.9 Å². The van der Waals surface area contributed by atoms with Crippen LogP contribution >= 0.6 is 11.6 Å². The van der Waals surface area contributed by atoms with Gasteiger partial charge in [0.05, 0.1) is 16.3 Å². The number of hydrogen-bond acceptors (Lipinski definition) is 5. The SMILES string of the molecule is Cc1ccc(N2CC3(C2)C(=O)N(CC2CCC(NC(=O)c4cc(Cl)cnc4C(F)F)CC2)c2cc(F)ccc23)nc1. The number of hydrogen-bond donors (Lipinski definition) is 1. The molecule has 2 amide bonds. The third-order valence-corrected chi connectivity index (χ3v) is 8.73. The Morgan fingerprint density at radius 1 is 1.10 bits per heavy atom. The van der Waals surface area contributed by atoms with Crippen LogP contribution in [0.3, 0.4) is 0 Å². The number of aromatic nitrogens is 2. The molecular weight excluding hydrogens is 555 g/mol. The van der Waals surface area contributed by atoms with E-state index < -0.39 is 23.4 Å². The van der Waals surface area contributed by atoms with Gasteiger partial charge in [-0.25, -0.2) is 18.2 Å². The molecule has 41 heavy (non-hydrogen) atoms. The van der Waals surface area contributed by atoms with Gasteiger partial charge in [0, 0.05) is 38.1 Å². The van der Waals surface area contributed by atoms with Gasteiger partial charge in [0.1, 0.15) is 22.7 Å². The molecule has 1 aromatic carbocycles. The summed E-state index contributed by atoms with van der Waals surface area (Å²) in [5, 5.41) is 2.96. The standard InChI is InChI=1S/C30H29ClF3N5O2/c1-17-2-9-25(35-12-17)38-15-30(16-38)23-8-5-20(32)11-24(23)39(29(30)41)14-18-3-6-21(7-4-18)37-28(40)22-10-19(31)13-36-26(22)27(33)34/h2,5,8-13,18,21,27H,3-4,6-7,14-16H2,1H3,(H,37,40). The van der Waals surface area contributed by atoms with Crippen molar-refractivity contribution < 1.29 is 22.8 Å². The minimum Gasteiger partial charge on any atom is -0.354 e. The molecule has 2 aromatic heterocycles. The Bertz CT molecular complexity index is 1490. The molecule has 6 rings (SSSR count). The van der Waals surface area contributed by atoms with Gasteiger partial charge in [-0.15, -0.1) is 0 Å². The molecule has 3 aromatic rings. The number of carbonyl (C=O) groups is 2. The molecule has 0 bridgehead atoms. The molecule has 3 aliphatic rings. The van der Waals surface area contributed by atoms with E-state index in [2.05, 4.69) is 20.2 Å². The number of nitrogens with one attached hydrogen (secondary N) is 1. The Hall–Kier alpha value is -3.66. The van der Waals surface area contributed by atoms with Crippen LogP contribution in [0, 0.1) is 18.7 Å². The number of fused-ring (bicyclic) bond motifs is 2. The van der Waals surface area contributed by atoms with Crippen molar-refractivity contribution in [3.8, 4) is 0 Å². The molecule has 0 atom stereocenters.